The second-order valence-corrected chi connectivity index (χ2v) is 11.8. The van der Waals surface area contributed by atoms with Gasteiger partial charge < -0.3 is 19.7 Å². The summed E-state index contributed by atoms with van der Waals surface area (Å²) < 4.78 is 11.4. The Balaban J connectivity index is 1.98. The summed E-state index contributed by atoms with van der Waals surface area (Å²) in [6, 6.07) is 6.58. The summed E-state index contributed by atoms with van der Waals surface area (Å²) in [5.74, 6) is 0.168. The number of fused-ring (bicyclic) bond motifs is 4. The Morgan fingerprint density at radius 2 is 1.11 bits per heavy atom. The van der Waals surface area contributed by atoms with Gasteiger partial charge in [-0.15, -0.1) is 0 Å². The van der Waals surface area contributed by atoms with Crippen molar-refractivity contribution in [1.29, 1.82) is 0 Å². The first-order chi connectivity index (χ1) is 17.1. The van der Waals surface area contributed by atoms with Crippen molar-refractivity contribution in [2.45, 2.75) is 82.8 Å². The van der Waals surface area contributed by atoms with E-state index in [1.807, 2.05) is 27.7 Å². The summed E-state index contributed by atoms with van der Waals surface area (Å²) in [7, 11) is 0. The molecule has 2 N–H and O–H groups in total. The average molecular weight is 515 g/mol. The molecule has 37 heavy (non-hydrogen) atoms. The number of nitro groups is 2. The Bertz CT molecular complexity index is 1170. The van der Waals surface area contributed by atoms with Crippen LogP contribution in [0.2, 0.25) is 0 Å². The predicted molar refractivity (Wildman–Crippen MR) is 137 cm³/mol. The Kier molecular flexibility index (Phi) is 6.49. The van der Waals surface area contributed by atoms with E-state index < -0.39 is 38.3 Å². The van der Waals surface area contributed by atoms with Crippen molar-refractivity contribution in [2.75, 3.05) is 13.2 Å². The molecule has 2 aliphatic carbocycles. The minimum Gasteiger partial charge on any atom is -0.484 e. The van der Waals surface area contributed by atoms with Gasteiger partial charge in [-0.3, -0.25) is 20.2 Å². The van der Waals surface area contributed by atoms with E-state index in [2.05, 4.69) is 0 Å². The molecule has 0 aromatic heterocycles. The van der Waals surface area contributed by atoms with Crippen LogP contribution in [0.3, 0.4) is 0 Å². The fraction of sp³-hybridized carbons (Fsp3) is 0.556. The van der Waals surface area contributed by atoms with Gasteiger partial charge in [0.25, 0.3) is 0 Å². The smallest absolute Gasteiger partial charge is 0.311 e. The molecule has 0 heterocycles. The molecule has 0 saturated carbocycles. The first kappa shape index (κ1) is 26.8. The first-order valence-electron chi connectivity index (χ1n) is 12.4. The number of benzene rings is 2. The maximum atomic E-state index is 11.9. The number of aliphatic hydroxyl groups is 2. The van der Waals surface area contributed by atoms with E-state index in [1.54, 1.807) is 38.1 Å². The zero-order valence-electron chi connectivity index (χ0n) is 22.0. The minimum atomic E-state index is -0.807. The molecule has 0 radical (unpaired) electrons. The van der Waals surface area contributed by atoms with Crippen molar-refractivity contribution in [2.24, 2.45) is 0 Å². The van der Waals surface area contributed by atoms with Gasteiger partial charge in [0.2, 0.25) is 0 Å². The van der Waals surface area contributed by atoms with Gasteiger partial charge in [0.05, 0.1) is 22.1 Å². The number of nitrogens with zero attached hydrogens (tertiary/aromatic N) is 2. The van der Waals surface area contributed by atoms with Crippen LogP contribution < -0.4 is 9.47 Å². The van der Waals surface area contributed by atoms with Gasteiger partial charge in [-0.2, -0.15) is 0 Å². The van der Waals surface area contributed by atoms with Gasteiger partial charge in [0.15, 0.2) is 11.5 Å². The average Bonchev–Trinajstić information content (AvgIpc) is 3.13. The number of hydrogen-bond donors (Lipinski definition) is 2. The lowest BCUT2D eigenvalue weighted by molar-refractivity contribution is -0.386. The molecule has 10 nitrogen and oxygen atoms in total. The van der Waals surface area contributed by atoms with Crippen LogP contribution in [0.5, 0.6) is 11.5 Å². The molecule has 0 bridgehead atoms. The highest BCUT2D eigenvalue weighted by atomic mass is 16.6. The summed E-state index contributed by atoms with van der Waals surface area (Å²) in [5, 5.41) is 43.3. The van der Waals surface area contributed by atoms with Crippen molar-refractivity contribution in [3.05, 3.63) is 66.7 Å². The Labute approximate surface area is 215 Å². The van der Waals surface area contributed by atoms with Crippen molar-refractivity contribution in [3.63, 3.8) is 0 Å². The van der Waals surface area contributed by atoms with Crippen molar-refractivity contribution < 1.29 is 29.5 Å². The quantitative estimate of drug-likeness (QED) is 0.382. The van der Waals surface area contributed by atoms with Gasteiger partial charge >= 0.3 is 11.4 Å². The molecule has 10 heteroatoms. The van der Waals surface area contributed by atoms with Crippen LogP contribution in [0.1, 0.15) is 76.6 Å². The molecule has 2 atom stereocenters. The maximum absolute atomic E-state index is 11.9. The molecule has 2 aromatic rings. The second kappa shape index (κ2) is 8.95. The van der Waals surface area contributed by atoms with Gasteiger partial charge in [0.1, 0.15) is 13.2 Å². The predicted octanol–water partition coefficient (Wildman–Crippen LogP) is 4.67. The zero-order valence-corrected chi connectivity index (χ0v) is 22.0. The summed E-state index contributed by atoms with van der Waals surface area (Å²) in [5.41, 5.74) is 1.66. The van der Waals surface area contributed by atoms with Crippen LogP contribution in [0.4, 0.5) is 11.4 Å². The third-order valence-corrected chi connectivity index (χ3v) is 7.53. The van der Waals surface area contributed by atoms with Gasteiger partial charge in [-0.05, 0) is 71.9 Å². The van der Waals surface area contributed by atoms with Gasteiger partial charge in [-0.1, -0.05) is 27.7 Å². The molecule has 2 unspecified atom stereocenters. The number of rotatable bonds is 8. The van der Waals surface area contributed by atoms with Crippen LogP contribution in [0.15, 0.2) is 24.3 Å². The van der Waals surface area contributed by atoms with Gasteiger partial charge in [0, 0.05) is 17.5 Å². The van der Waals surface area contributed by atoms with E-state index in [0.717, 1.165) is 22.3 Å². The molecule has 2 aliphatic rings. The summed E-state index contributed by atoms with van der Waals surface area (Å²) >= 11 is 0. The molecule has 200 valence electrons. The fourth-order valence-corrected chi connectivity index (χ4v) is 6.27. The number of nitro benzene ring substituents is 2. The Hall–Kier alpha value is -3.24. The van der Waals surface area contributed by atoms with Crippen LogP contribution in [0, 0.1) is 20.2 Å². The van der Waals surface area contributed by atoms with Crippen LogP contribution >= 0.6 is 0 Å². The summed E-state index contributed by atoms with van der Waals surface area (Å²) in [6.07, 6.45) is -0.343. The molecule has 4 rings (SSSR count). The van der Waals surface area contributed by atoms with E-state index in [-0.39, 0.29) is 36.1 Å². The molecule has 0 fully saturated rings. The van der Waals surface area contributed by atoms with Crippen molar-refractivity contribution in [3.8, 4) is 11.5 Å². The third-order valence-electron chi connectivity index (χ3n) is 7.53. The number of aliphatic hydroxyl groups excluding tert-OH is 2. The maximum Gasteiger partial charge on any atom is 0.311 e. The van der Waals surface area contributed by atoms with Crippen LogP contribution in [0.25, 0.3) is 0 Å². The molecule has 0 amide bonds. The number of ether oxygens (including phenoxy) is 2. The van der Waals surface area contributed by atoms with E-state index in [9.17, 15) is 30.4 Å². The lowest BCUT2D eigenvalue weighted by Crippen LogP contribution is -2.27. The highest BCUT2D eigenvalue weighted by molar-refractivity contribution is 5.67. The molecule has 0 saturated heterocycles. The number of hydrogen-bond acceptors (Lipinski definition) is 8. The van der Waals surface area contributed by atoms with E-state index in [1.165, 1.54) is 0 Å². The summed E-state index contributed by atoms with van der Waals surface area (Å²) in [6.45, 7) is 11.1. The zero-order chi connectivity index (χ0) is 27.5. The molecule has 2 aromatic carbocycles. The van der Waals surface area contributed by atoms with E-state index in [0.29, 0.717) is 12.8 Å². The molecule has 0 aliphatic heterocycles. The Morgan fingerprint density at radius 1 is 0.757 bits per heavy atom. The van der Waals surface area contributed by atoms with Crippen molar-refractivity contribution >= 4 is 11.4 Å². The second-order valence-electron chi connectivity index (χ2n) is 11.8. The fourth-order valence-electron chi connectivity index (χ4n) is 6.27. The van der Waals surface area contributed by atoms with E-state index in [4.69, 9.17) is 9.47 Å². The van der Waals surface area contributed by atoms with Crippen LogP contribution in [-0.4, -0.2) is 45.5 Å². The SMILES string of the molecule is CC(O)COc1cc2c(cc1[N+](=O)[O-])C(C)(C)CC21CC(C)(C)c2cc([N+](=O)[O-])c(OCC(C)O)cc21. The molecular weight excluding hydrogens is 480 g/mol. The molecular formula is C27H34N2O8. The van der Waals surface area contributed by atoms with Crippen molar-refractivity contribution in [1.82, 2.24) is 0 Å². The highest BCUT2D eigenvalue weighted by Crippen LogP contribution is 2.64. The van der Waals surface area contributed by atoms with Crippen LogP contribution in [-0.2, 0) is 16.2 Å². The lowest BCUT2D eigenvalue weighted by Gasteiger charge is -2.30. The molecule has 1 spiro atoms. The first-order valence-corrected chi connectivity index (χ1v) is 12.4. The topological polar surface area (TPSA) is 145 Å². The standard InChI is InChI=1S/C27H34N2O8/c1-15(30)11-36-23-9-19-17(7-21(23)28(32)33)25(3,4)13-27(19)14-26(5,6)18-8-22(29(34)35)24(10-20(18)27)37-12-16(2)31/h7-10,15-16,30-31H,11-14H2,1-6H3. The summed E-state index contributed by atoms with van der Waals surface area (Å²) in [4.78, 5) is 22.9. The highest BCUT2D eigenvalue weighted by Gasteiger charge is 2.57. The van der Waals surface area contributed by atoms with Gasteiger partial charge in [-0.25, -0.2) is 0 Å². The lowest BCUT2D eigenvalue weighted by atomic mass is 9.72. The third kappa shape index (κ3) is 4.53. The minimum absolute atomic E-state index is 0.0838. The normalized spacial score (nSPS) is 22.3. The largest absolute Gasteiger partial charge is 0.484 e. The monoisotopic (exact) mass is 514 g/mol. The van der Waals surface area contributed by atoms with E-state index >= 15 is 0 Å². The Morgan fingerprint density at radius 3 is 1.41 bits per heavy atom.